The number of rotatable bonds is 1. The molecule has 0 fully saturated rings. The van der Waals surface area contributed by atoms with Gasteiger partial charge in [0.2, 0.25) is 0 Å². The van der Waals surface area contributed by atoms with Crippen molar-refractivity contribution in [1.29, 1.82) is 0 Å². The summed E-state index contributed by atoms with van der Waals surface area (Å²) in [5.41, 5.74) is 2.80. The SMILES string of the molecule is CC(C)(C)N=C(NO)c1ccccc1. The molecule has 0 bridgehead atoms. The smallest absolute Gasteiger partial charge is 0.152 e. The molecule has 1 aromatic rings. The number of hydrogen-bond acceptors (Lipinski definition) is 2. The molecule has 0 radical (unpaired) electrons. The van der Waals surface area contributed by atoms with Gasteiger partial charge in [-0.25, -0.2) is 0 Å². The van der Waals surface area contributed by atoms with Crippen molar-refractivity contribution in [3.63, 3.8) is 0 Å². The Bertz CT molecular complexity index is 312. The average molecular weight is 192 g/mol. The largest absolute Gasteiger partial charge is 0.290 e. The van der Waals surface area contributed by atoms with Gasteiger partial charge in [-0.15, -0.1) is 0 Å². The summed E-state index contributed by atoms with van der Waals surface area (Å²) in [7, 11) is 0. The summed E-state index contributed by atoms with van der Waals surface area (Å²) < 4.78 is 0. The van der Waals surface area contributed by atoms with Crippen molar-refractivity contribution < 1.29 is 5.21 Å². The van der Waals surface area contributed by atoms with E-state index in [4.69, 9.17) is 5.21 Å². The Kier molecular flexibility index (Phi) is 3.25. The summed E-state index contributed by atoms with van der Waals surface area (Å²) in [4.78, 5) is 4.35. The highest BCUT2D eigenvalue weighted by Gasteiger charge is 2.10. The van der Waals surface area contributed by atoms with Gasteiger partial charge in [-0.3, -0.25) is 15.7 Å². The van der Waals surface area contributed by atoms with Gasteiger partial charge in [0.25, 0.3) is 0 Å². The molecule has 3 nitrogen and oxygen atoms in total. The Morgan fingerprint density at radius 2 is 1.79 bits per heavy atom. The second kappa shape index (κ2) is 4.24. The molecule has 0 atom stereocenters. The fourth-order valence-corrected chi connectivity index (χ4v) is 1.09. The van der Waals surface area contributed by atoms with Crippen LogP contribution in [-0.4, -0.2) is 16.6 Å². The number of nitrogens with zero attached hydrogens (tertiary/aromatic N) is 1. The molecule has 1 rings (SSSR count). The minimum Gasteiger partial charge on any atom is -0.290 e. The molecule has 1 aromatic carbocycles. The molecule has 0 saturated heterocycles. The predicted octanol–water partition coefficient (Wildman–Crippen LogP) is 2.21. The van der Waals surface area contributed by atoms with Gasteiger partial charge in [-0.05, 0) is 20.8 Å². The number of amidine groups is 1. The third kappa shape index (κ3) is 3.18. The van der Waals surface area contributed by atoms with Crippen LogP contribution < -0.4 is 5.48 Å². The van der Waals surface area contributed by atoms with Crippen LogP contribution in [0, 0.1) is 0 Å². The van der Waals surface area contributed by atoms with E-state index in [-0.39, 0.29) is 5.54 Å². The van der Waals surface area contributed by atoms with Crippen molar-refractivity contribution in [2.75, 3.05) is 0 Å². The first kappa shape index (κ1) is 10.7. The molecular weight excluding hydrogens is 176 g/mol. The second-order valence-corrected chi connectivity index (χ2v) is 4.11. The van der Waals surface area contributed by atoms with E-state index in [1.807, 2.05) is 51.1 Å². The van der Waals surface area contributed by atoms with Gasteiger partial charge in [0.15, 0.2) is 5.84 Å². The molecule has 0 aliphatic carbocycles. The zero-order valence-corrected chi connectivity index (χ0v) is 8.78. The van der Waals surface area contributed by atoms with E-state index in [2.05, 4.69) is 10.5 Å². The molecule has 0 aliphatic rings. The van der Waals surface area contributed by atoms with Crippen LogP contribution in [0.3, 0.4) is 0 Å². The summed E-state index contributed by atoms with van der Waals surface area (Å²) in [5, 5.41) is 8.96. The molecule has 2 N–H and O–H groups in total. The van der Waals surface area contributed by atoms with Gasteiger partial charge in [0.1, 0.15) is 0 Å². The van der Waals surface area contributed by atoms with Crippen molar-refractivity contribution >= 4 is 5.84 Å². The fraction of sp³-hybridized carbons (Fsp3) is 0.364. The zero-order chi connectivity index (χ0) is 10.6. The van der Waals surface area contributed by atoms with Crippen molar-refractivity contribution in [3.8, 4) is 0 Å². The van der Waals surface area contributed by atoms with Crippen LogP contribution in [0.25, 0.3) is 0 Å². The highest BCUT2D eigenvalue weighted by atomic mass is 16.5. The van der Waals surface area contributed by atoms with E-state index in [9.17, 15) is 0 Å². The Morgan fingerprint density at radius 1 is 1.21 bits per heavy atom. The van der Waals surface area contributed by atoms with Gasteiger partial charge in [-0.1, -0.05) is 30.3 Å². The molecule has 14 heavy (non-hydrogen) atoms. The van der Waals surface area contributed by atoms with Crippen molar-refractivity contribution in [2.24, 2.45) is 4.99 Å². The lowest BCUT2D eigenvalue weighted by atomic mass is 10.1. The van der Waals surface area contributed by atoms with Gasteiger partial charge in [0, 0.05) is 5.56 Å². The highest BCUT2D eigenvalue weighted by molar-refractivity contribution is 5.98. The monoisotopic (exact) mass is 192 g/mol. The number of aliphatic imine (C=N–C) groups is 1. The second-order valence-electron chi connectivity index (χ2n) is 4.11. The van der Waals surface area contributed by atoms with Gasteiger partial charge in [0.05, 0.1) is 5.54 Å². The Balaban J connectivity index is 3.00. The van der Waals surface area contributed by atoms with E-state index in [0.717, 1.165) is 5.56 Å². The summed E-state index contributed by atoms with van der Waals surface area (Å²) in [5.74, 6) is 0.498. The van der Waals surface area contributed by atoms with Crippen molar-refractivity contribution in [1.82, 2.24) is 5.48 Å². The molecule has 0 unspecified atom stereocenters. The third-order valence-electron chi connectivity index (χ3n) is 1.60. The predicted molar refractivity (Wildman–Crippen MR) is 57.7 cm³/mol. The first-order valence-corrected chi connectivity index (χ1v) is 4.58. The lowest BCUT2D eigenvalue weighted by molar-refractivity contribution is 0.233. The lowest BCUT2D eigenvalue weighted by Crippen LogP contribution is -2.25. The molecule has 0 amide bonds. The molecular formula is C11H16N2O. The first-order chi connectivity index (χ1) is 6.53. The molecule has 76 valence electrons. The number of hydroxylamine groups is 1. The van der Waals surface area contributed by atoms with Crippen LogP contribution >= 0.6 is 0 Å². The minimum atomic E-state index is -0.207. The first-order valence-electron chi connectivity index (χ1n) is 4.58. The number of nitrogens with one attached hydrogen (secondary N) is 1. The summed E-state index contributed by atoms with van der Waals surface area (Å²) in [6.07, 6.45) is 0. The maximum absolute atomic E-state index is 8.96. The average Bonchev–Trinajstić information content (AvgIpc) is 2.14. The highest BCUT2D eigenvalue weighted by Crippen LogP contribution is 2.09. The lowest BCUT2D eigenvalue weighted by Gasteiger charge is -2.15. The van der Waals surface area contributed by atoms with E-state index in [1.54, 1.807) is 0 Å². The van der Waals surface area contributed by atoms with Crippen LogP contribution in [-0.2, 0) is 0 Å². The minimum absolute atomic E-state index is 0.207. The number of benzene rings is 1. The Morgan fingerprint density at radius 3 is 2.21 bits per heavy atom. The maximum atomic E-state index is 8.96. The Labute approximate surface area is 84.4 Å². The van der Waals surface area contributed by atoms with Crippen LogP contribution in [0.5, 0.6) is 0 Å². The molecule has 0 aromatic heterocycles. The van der Waals surface area contributed by atoms with E-state index < -0.39 is 0 Å². The van der Waals surface area contributed by atoms with Crippen molar-refractivity contribution in [3.05, 3.63) is 35.9 Å². The van der Waals surface area contributed by atoms with Gasteiger partial charge in [-0.2, -0.15) is 0 Å². The van der Waals surface area contributed by atoms with Gasteiger partial charge >= 0.3 is 0 Å². The summed E-state index contributed by atoms with van der Waals surface area (Å²) in [6.45, 7) is 5.94. The zero-order valence-electron chi connectivity index (χ0n) is 8.78. The van der Waals surface area contributed by atoms with Crippen molar-refractivity contribution in [2.45, 2.75) is 26.3 Å². The van der Waals surface area contributed by atoms with Crippen LogP contribution in [0.4, 0.5) is 0 Å². The number of hydrogen-bond donors (Lipinski definition) is 2. The Hall–Kier alpha value is -1.35. The summed E-state index contributed by atoms with van der Waals surface area (Å²) in [6, 6.07) is 9.53. The molecule has 0 saturated carbocycles. The topological polar surface area (TPSA) is 44.6 Å². The van der Waals surface area contributed by atoms with Crippen LogP contribution in [0.2, 0.25) is 0 Å². The van der Waals surface area contributed by atoms with Gasteiger partial charge < -0.3 is 0 Å². The molecule has 0 spiro atoms. The third-order valence-corrected chi connectivity index (χ3v) is 1.60. The molecule has 3 heteroatoms. The van der Waals surface area contributed by atoms with E-state index in [1.165, 1.54) is 0 Å². The quantitative estimate of drug-likeness (QED) is 0.407. The maximum Gasteiger partial charge on any atom is 0.152 e. The van der Waals surface area contributed by atoms with Crippen LogP contribution in [0.1, 0.15) is 26.3 Å². The van der Waals surface area contributed by atoms with E-state index in [0.29, 0.717) is 5.84 Å². The molecule has 0 aliphatic heterocycles. The summed E-state index contributed by atoms with van der Waals surface area (Å²) >= 11 is 0. The van der Waals surface area contributed by atoms with Crippen LogP contribution in [0.15, 0.2) is 35.3 Å². The molecule has 0 heterocycles. The normalized spacial score (nSPS) is 12.7. The van der Waals surface area contributed by atoms with E-state index >= 15 is 0 Å². The fourth-order valence-electron chi connectivity index (χ4n) is 1.09. The standard InChI is InChI=1S/C11H16N2O/c1-11(2,3)12-10(13-14)9-7-5-4-6-8-9/h4-8,14H,1-3H3,(H,12,13).